The minimum absolute atomic E-state index is 0.509. The van der Waals surface area contributed by atoms with Gasteiger partial charge in [0.2, 0.25) is 0 Å². The van der Waals surface area contributed by atoms with Crippen LogP contribution in [-0.4, -0.2) is 20.0 Å². The van der Waals surface area contributed by atoms with Gasteiger partial charge in [0.1, 0.15) is 5.52 Å². The molecule has 2 heterocycles. The van der Waals surface area contributed by atoms with Crippen LogP contribution in [-0.2, 0) is 0 Å². The van der Waals surface area contributed by atoms with Crippen molar-refractivity contribution in [2.75, 3.05) is 0 Å². The lowest BCUT2D eigenvalue weighted by Crippen LogP contribution is -1.98. The Labute approximate surface area is 107 Å². The molecule has 0 saturated carbocycles. The number of nitrogens with zero attached hydrogens (tertiary/aromatic N) is 4. The maximum absolute atomic E-state index is 6.12. The molecule has 0 aliphatic rings. The lowest BCUT2D eigenvalue weighted by Gasteiger charge is -2.04. The molecule has 0 aliphatic heterocycles. The van der Waals surface area contributed by atoms with Gasteiger partial charge in [-0.2, -0.15) is 4.68 Å². The van der Waals surface area contributed by atoms with E-state index < -0.39 is 0 Å². The summed E-state index contributed by atoms with van der Waals surface area (Å²) in [5.41, 5.74) is 2.09. The molecule has 17 heavy (non-hydrogen) atoms. The third-order valence-corrected chi connectivity index (χ3v) is 2.88. The first-order chi connectivity index (χ1) is 8.25. The van der Waals surface area contributed by atoms with Gasteiger partial charge < -0.3 is 0 Å². The van der Waals surface area contributed by atoms with Crippen LogP contribution in [0.4, 0.5) is 0 Å². The van der Waals surface area contributed by atoms with Crippen molar-refractivity contribution in [2.24, 2.45) is 0 Å². The lowest BCUT2D eigenvalue weighted by molar-refractivity contribution is 0.817. The maximum atomic E-state index is 6.12. The van der Waals surface area contributed by atoms with Crippen LogP contribution in [0.25, 0.3) is 16.9 Å². The zero-order valence-electron chi connectivity index (χ0n) is 8.51. The standard InChI is InChI=1S/C11H6Cl2N4/c12-7-3-4-10(8(13)6-7)17-11-9(15-16-17)2-1-5-14-11/h1-6H. The summed E-state index contributed by atoms with van der Waals surface area (Å²) < 4.78 is 1.59. The van der Waals surface area contributed by atoms with E-state index in [-0.39, 0.29) is 0 Å². The molecule has 0 unspecified atom stereocenters. The number of pyridine rings is 1. The third kappa shape index (κ3) is 1.75. The van der Waals surface area contributed by atoms with E-state index in [1.165, 1.54) is 0 Å². The second-order valence-electron chi connectivity index (χ2n) is 3.44. The molecule has 1 aromatic carbocycles. The number of aromatic nitrogens is 4. The van der Waals surface area contributed by atoms with Crippen molar-refractivity contribution < 1.29 is 0 Å². The summed E-state index contributed by atoms with van der Waals surface area (Å²) in [5.74, 6) is 0. The molecule has 0 saturated heterocycles. The van der Waals surface area contributed by atoms with Gasteiger partial charge in [-0.05, 0) is 30.3 Å². The van der Waals surface area contributed by atoms with E-state index in [9.17, 15) is 0 Å². The van der Waals surface area contributed by atoms with Gasteiger partial charge in [-0.1, -0.05) is 28.4 Å². The van der Waals surface area contributed by atoms with Gasteiger partial charge in [-0.3, -0.25) is 0 Å². The summed E-state index contributed by atoms with van der Waals surface area (Å²) in [6.45, 7) is 0. The van der Waals surface area contributed by atoms with Gasteiger partial charge in [0.25, 0.3) is 0 Å². The topological polar surface area (TPSA) is 43.6 Å². The lowest BCUT2D eigenvalue weighted by atomic mass is 10.3. The first kappa shape index (κ1) is 10.5. The molecule has 0 N–H and O–H groups in total. The van der Waals surface area contributed by atoms with Crippen LogP contribution in [0.3, 0.4) is 0 Å². The minimum atomic E-state index is 0.509. The number of hydrogen-bond acceptors (Lipinski definition) is 3. The molecule has 2 aromatic heterocycles. The molecule has 0 amide bonds. The average Bonchev–Trinajstić information content (AvgIpc) is 2.73. The van der Waals surface area contributed by atoms with Crippen molar-refractivity contribution in [3.63, 3.8) is 0 Å². The average molecular weight is 265 g/mol. The Bertz CT molecular complexity index is 693. The van der Waals surface area contributed by atoms with Crippen LogP contribution >= 0.6 is 23.2 Å². The van der Waals surface area contributed by atoms with E-state index in [2.05, 4.69) is 15.3 Å². The van der Waals surface area contributed by atoms with E-state index in [0.717, 1.165) is 5.52 Å². The van der Waals surface area contributed by atoms with E-state index in [0.29, 0.717) is 21.4 Å². The van der Waals surface area contributed by atoms with Gasteiger partial charge in [-0.15, -0.1) is 5.10 Å². The van der Waals surface area contributed by atoms with Crippen LogP contribution in [0, 0.1) is 0 Å². The van der Waals surface area contributed by atoms with Gasteiger partial charge >= 0.3 is 0 Å². The second kappa shape index (κ2) is 3.98. The normalized spacial score (nSPS) is 10.9. The Kier molecular flexibility index (Phi) is 2.46. The van der Waals surface area contributed by atoms with Gasteiger partial charge in [0.15, 0.2) is 5.65 Å². The summed E-state index contributed by atoms with van der Waals surface area (Å²) in [5, 5.41) is 9.14. The largest absolute Gasteiger partial charge is 0.235 e. The molecule has 0 atom stereocenters. The Balaban J connectivity index is 2.27. The van der Waals surface area contributed by atoms with Crippen LogP contribution in [0.15, 0.2) is 36.5 Å². The smallest absolute Gasteiger partial charge is 0.183 e. The highest BCUT2D eigenvalue weighted by atomic mass is 35.5. The zero-order valence-corrected chi connectivity index (χ0v) is 10.0. The summed E-state index contributed by atoms with van der Waals surface area (Å²) in [7, 11) is 0. The molecule has 0 spiro atoms. The fourth-order valence-corrected chi connectivity index (χ4v) is 2.07. The number of hydrogen-bond donors (Lipinski definition) is 0. The van der Waals surface area contributed by atoms with Crippen molar-refractivity contribution in [3.05, 3.63) is 46.6 Å². The summed E-state index contributed by atoms with van der Waals surface area (Å²) in [6, 6.07) is 8.85. The highest BCUT2D eigenvalue weighted by Gasteiger charge is 2.10. The highest BCUT2D eigenvalue weighted by molar-refractivity contribution is 6.35. The van der Waals surface area contributed by atoms with E-state index >= 15 is 0 Å². The second-order valence-corrected chi connectivity index (χ2v) is 4.29. The first-order valence-corrected chi connectivity index (χ1v) is 5.63. The molecule has 4 nitrogen and oxygen atoms in total. The monoisotopic (exact) mass is 264 g/mol. The molecule has 3 rings (SSSR count). The van der Waals surface area contributed by atoms with E-state index in [1.54, 1.807) is 29.1 Å². The molecule has 3 aromatic rings. The number of fused-ring (bicyclic) bond motifs is 1. The summed E-state index contributed by atoms with van der Waals surface area (Å²) >= 11 is 12.0. The fraction of sp³-hybridized carbons (Fsp3) is 0. The van der Waals surface area contributed by atoms with Gasteiger partial charge in [-0.25, -0.2) is 4.98 Å². The van der Waals surface area contributed by atoms with Crippen molar-refractivity contribution in [1.29, 1.82) is 0 Å². The molecular formula is C11H6Cl2N4. The molecular weight excluding hydrogens is 259 g/mol. The molecule has 6 heteroatoms. The summed E-state index contributed by atoms with van der Waals surface area (Å²) in [6.07, 6.45) is 1.69. The van der Waals surface area contributed by atoms with Crippen molar-refractivity contribution in [3.8, 4) is 5.69 Å². The molecule has 0 aliphatic carbocycles. The molecule has 0 fully saturated rings. The van der Waals surface area contributed by atoms with Crippen LogP contribution in [0.5, 0.6) is 0 Å². The van der Waals surface area contributed by atoms with Gasteiger partial charge in [0.05, 0.1) is 10.7 Å². The highest BCUT2D eigenvalue weighted by Crippen LogP contribution is 2.25. The predicted molar refractivity (Wildman–Crippen MR) is 66.7 cm³/mol. The first-order valence-electron chi connectivity index (χ1n) is 4.87. The Hall–Kier alpha value is -1.65. The maximum Gasteiger partial charge on any atom is 0.183 e. The Morgan fingerprint density at radius 1 is 1.12 bits per heavy atom. The number of benzene rings is 1. The fourth-order valence-electron chi connectivity index (χ4n) is 1.58. The van der Waals surface area contributed by atoms with Crippen LogP contribution in [0.2, 0.25) is 10.0 Å². The van der Waals surface area contributed by atoms with Crippen LogP contribution < -0.4 is 0 Å². The SMILES string of the molecule is Clc1ccc(-n2nnc3cccnc32)c(Cl)c1. The number of halogens is 2. The molecule has 0 radical (unpaired) electrons. The van der Waals surface area contributed by atoms with Crippen LogP contribution in [0.1, 0.15) is 0 Å². The minimum Gasteiger partial charge on any atom is -0.235 e. The molecule has 0 bridgehead atoms. The Morgan fingerprint density at radius 3 is 2.82 bits per heavy atom. The van der Waals surface area contributed by atoms with Crippen molar-refractivity contribution in [2.45, 2.75) is 0 Å². The van der Waals surface area contributed by atoms with E-state index in [4.69, 9.17) is 23.2 Å². The van der Waals surface area contributed by atoms with Crippen molar-refractivity contribution in [1.82, 2.24) is 20.0 Å². The van der Waals surface area contributed by atoms with E-state index in [1.807, 2.05) is 12.1 Å². The third-order valence-electron chi connectivity index (χ3n) is 2.35. The molecule has 84 valence electrons. The van der Waals surface area contributed by atoms with Gasteiger partial charge in [0, 0.05) is 11.2 Å². The van der Waals surface area contributed by atoms with Crippen molar-refractivity contribution >= 4 is 34.4 Å². The quantitative estimate of drug-likeness (QED) is 0.679. The zero-order chi connectivity index (χ0) is 11.8. The summed E-state index contributed by atoms with van der Waals surface area (Å²) in [4.78, 5) is 4.23. The Morgan fingerprint density at radius 2 is 2.00 bits per heavy atom. The number of rotatable bonds is 1. The predicted octanol–water partition coefficient (Wildman–Crippen LogP) is 3.12.